The number of hydrogen-bond acceptors (Lipinski definition) is 5. The van der Waals surface area contributed by atoms with Crippen molar-refractivity contribution in [3.63, 3.8) is 0 Å². The van der Waals surface area contributed by atoms with E-state index >= 15 is 0 Å². The van der Waals surface area contributed by atoms with Crippen molar-refractivity contribution in [2.75, 3.05) is 24.7 Å². The molecule has 132 valence electrons. The van der Waals surface area contributed by atoms with Crippen molar-refractivity contribution < 1.29 is 22.7 Å². The van der Waals surface area contributed by atoms with Crippen LogP contribution in [0.25, 0.3) is 0 Å². The summed E-state index contributed by atoms with van der Waals surface area (Å²) in [5.41, 5.74) is 1.86. The van der Waals surface area contributed by atoms with Crippen LogP contribution in [0.2, 0.25) is 0 Å². The minimum atomic E-state index is -3.06. The molecular formula is C17H23NO5S. The third-order valence-electron chi connectivity index (χ3n) is 4.26. The van der Waals surface area contributed by atoms with Gasteiger partial charge in [0.05, 0.1) is 17.9 Å². The molecular weight excluding hydrogens is 330 g/mol. The summed E-state index contributed by atoms with van der Waals surface area (Å²) >= 11 is 0. The zero-order chi connectivity index (χ0) is 17.7. The second-order valence-electron chi connectivity index (χ2n) is 6.00. The third-order valence-corrected chi connectivity index (χ3v) is 6.01. The van der Waals surface area contributed by atoms with Gasteiger partial charge in [-0.25, -0.2) is 8.42 Å². The van der Waals surface area contributed by atoms with E-state index in [0.29, 0.717) is 13.0 Å². The summed E-state index contributed by atoms with van der Waals surface area (Å²) in [5, 5.41) is 0. The largest absolute Gasteiger partial charge is 0.455 e. The van der Waals surface area contributed by atoms with Gasteiger partial charge >= 0.3 is 5.97 Å². The predicted molar refractivity (Wildman–Crippen MR) is 90.3 cm³/mol. The van der Waals surface area contributed by atoms with Gasteiger partial charge in [-0.1, -0.05) is 24.3 Å². The Hall–Kier alpha value is -1.89. The molecule has 0 N–H and O–H groups in total. The molecule has 2 rings (SSSR count). The van der Waals surface area contributed by atoms with Crippen LogP contribution in [0.1, 0.15) is 24.5 Å². The summed E-state index contributed by atoms with van der Waals surface area (Å²) in [4.78, 5) is 25.7. The summed E-state index contributed by atoms with van der Waals surface area (Å²) in [5.74, 6) is -0.719. The summed E-state index contributed by atoms with van der Waals surface area (Å²) in [6.07, 6.45) is 0.558. The Morgan fingerprint density at radius 1 is 1.29 bits per heavy atom. The van der Waals surface area contributed by atoms with Crippen molar-refractivity contribution in [1.29, 1.82) is 0 Å². The third kappa shape index (κ3) is 4.80. The van der Waals surface area contributed by atoms with Crippen molar-refractivity contribution in [2.24, 2.45) is 0 Å². The molecule has 1 unspecified atom stereocenters. The highest BCUT2D eigenvalue weighted by Crippen LogP contribution is 2.18. The average Bonchev–Trinajstić information content (AvgIpc) is 2.88. The van der Waals surface area contributed by atoms with E-state index in [1.54, 1.807) is 6.92 Å². The molecule has 1 aliphatic heterocycles. The zero-order valence-corrected chi connectivity index (χ0v) is 14.8. The topological polar surface area (TPSA) is 80.8 Å². The maximum absolute atomic E-state index is 12.3. The Bertz CT molecular complexity index is 713. The number of carbonyl (C=O) groups excluding carboxylic acids is 2. The number of amides is 1. The van der Waals surface area contributed by atoms with Gasteiger partial charge in [0.2, 0.25) is 0 Å². The number of hydrogen-bond donors (Lipinski definition) is 0. The van der Waals surface area contributed by atoms with Crippen LogP contribution >= 0.6 is 0 Å². The van der Waals surface area contributed by atoms with E-state index in [1.165, 1.54) is 4.90 Å². The van der Waals surface area contributed by atoms with E-state index in [-0.39, 0.29) is 36.5 Å². The molecule has 1 fully saturated rings. The molecule has 1 aromatic rings. The van der Waals surface area contributed by atoms with E-state index in [0.717, 1.165) is 11.1 Å². The fourth-order valence-electron chi connectivity index (χ4n) is 2.90. The van der Waals surface area contributed by atoms with Crippen LogP contribution < -0.4 is 0 Å². The van der Waals surface area contributed by atoms with Crippen LogP contribution in [-0.2, 0) is 30.6 Å². The molecule has 0 spiro atoms. The van der Waals surface area contributed by atoms with Gasteiger partial charge in [-0.15, -0.1) is 0 Å². The van der Waals surface area contributed by atoms with Gasteiger partial charge in [-0.2, -0.15) is 0 Å². The number of nitrogens with zero attached hydrogens (tertiary/aromatic N) is 1. The Morgan fingerprint density at radius 3 is 2.58 bits per heavy atom. The molecule has 1 aliphatic rings. The monoisotopic (exact) mass is 353 g/mol. The first-order chi connectivity index (χ1) is 11.3. The molecule has 1 amide bonds. The molecule has 0 saturated carbocycles. The van der Waals surface area contributed by atoms with E-state index in [1.807, 2.05) is 31.2 Å². The Kier molecular flexibility index (Phi) is 5.99. The number of likely N-dealkylation sites (N-methyl/N-ethyl adjacent to an activating group) is 1. The second-order valence-corrected chi connectivity index (χ2v) is 8.23. The van der Waals surface area contributed by atoms with Crippen LogP contribution in [0.5, 0.6) is 0 Å². The van der Waals surface area contributed by atoms with E-state index in [4.69, 9.17) is 4.74 Å². The highest BCUT2D eigenvalue weighted by molar-refractivity contribution is 7.91. The smallest absolute Gasteiger partial charge is 0.310 e. The lowest BCUT2D eigenvalue weighted by Crippen LogP contribution is -2.43. The van der Waals surface area contributed by atoms with Crippen LogP contribution in [0.15, 0.2) is 24.3 Å². The summed E-state index contributed by atoms with van der Waals surface area (Å²) in [6.45, 7) is 3.74. The molecule has 0 aromatic heterocycles. The number of benzene rings is 1. The van der Waals surface area contributed by atoms with Gasteiger partial charge in [0.1, 0.15) is 0 Å². The molecule has 1 atom stereocenters. The minimum absolute atomic E-state index is 0.0102. The van der Waals surface area contributed by atoms with Crippen molar-refractivity contribution in [2.45, 2.75) is 32.7 Å². The maximum atomic E-state index is 12.3. The fourth-order valence-corrected chi connectivity index (χ4v) is 4.63. The number of aryl methyl sites for hydroxylation is 1. The molecule has 6 nitrogen and oxygen atoms in total. The summed E-state index contributed by atoms with van der Waals surface area (Å²) < 4.78 is 28.2. The Labute approximate surface area is 142 Å². The average molecular weight is 353 g/mol. The number of rotatable bonds is 6. The quantitative estimate of drug-likeness (QED) is 0.716. The lowest BCUT2D eigenvalue weighted by molar-refractivity contribution is -0.152. The van der Waals surface area contributed by atoms with E-state index < -0.39 is 15.8 Å². The highest BCUT2D eigenvalue weighted by Gasteiger charge is 2.34. The zero-order valence-electron chi connectivity index (χ0n) is 14.0. The van der Waals surface area contributed by atoms with E-state index in [2.05, 4.69) is 0 Å². The van der Waals surface area contributed by atoms with Gasteiger partial charge in [-0.3, -0.25) is 9.59 Å². The normalized spacial score (nSPS) is 19.0. The standard InChI is InChI=1S/C17H23NO5S/c1-3-18(15-8-9-24(21,22)12-15)16(19)11-23-17(20)10-14-7-5-4-6-13(14)2/h4-7,15H,3,8-12H2,1-2H3. The first-order valence-corrected chi connectivity index (χ1v) is 9.84. The van der Waals surface area contributed by atoms with Gasteiger partial charge in [-0.05, 0) is 31.4 Å². The van der Waals surface area contributed by atoms with Crippen molar-refractivity contribution in [1.82, 2.24) is 4.90 Å². The highest BCUT2D eigenvalue weighted by atomic mass is 32.2. The molecule has 24 heavy (non-hydrogen) atoms. The summed E-state index contributed by atoms with van der Waals surface area (Å²) in [7, 11) is -3.06. The molecule has 0 aliphatic carbocycles. The molecule has 1 aromatic carbocycles. The van der Waals surface area contributed by atoms with Gasteiger partial charge in [0.15, 0.2) is 16.4 Å². The number of carbonyl (C=O) groups is 2. The van der Waals surface area contributed by atoms with Gasteiger partial charge < -0.3 is 9.64 Å². The Balaban J connectivity index is 1.87. The lowest BCUT2D eigenvalue weighted by atomic mass is 10.1. The number of esters is 1. The molecule has 1 saturated heterocycles. The first kappa shape index (κ1) is 18.4. The van der Waals surface area contributed by atoms with Gasteiger partial charge in [0, 0.05) is 12.6 Å². The number of sulfone groups is 1. The minimum Gasteiger partial charge on any atom is -0.455 e. The van der Waals surface area contributed by atoms with Crippen LogP contribution in [0.3, 0.4) is 0 Å². The SMILES string of the molecule is CCN(C(=O)COC(=O)Cc1ccccc1C)C1CCS(=O)(=O)C1. The summed E-state index contributed by atoms with van der Waals surface area (Å²) in [6, 6.07) is 7.18. The predicted octanol–water partition coefficient (Wildman–Crippen LogP) is 1.12. The van der Waals surface area contributed by atoms with Crippen LogP contribution in [-0.4, -0.2) is 55.9 Å². The maximum Gasteiger partial charge on any atom is 0.310 e. The van der Waals surface area contributed by atoms with Crippen LogP contribution in [0, 0.1) is 6.92 Å². The second kappa shape index (κ2) is 7.79. The van der Waals surface area contributed by atoms with Crippen LogP contribution in [0.4, 0.5) is 0 Å². The lowest BCUT2D eigenvalue weighted by Gasteiger charge is -2.26. The van der Waals surface area contributed by atoms with Gasteiger partial charge in [0.25, 0.3) is 5.91 Å². The molecule has 1 heterocycles. The molecule has 0 bridgehead atoms. The van der Waals surface area contributed by atoms with Crippen molar-refractivity contribution >= 4 is 21.7 Å². The first-order valence-electron chi connectivity index (χ1n) is 8.02. The Morgan fingerprint density at radius 2 is 2.00 bits per heavy atom. The number of ether oxygens (including phenoxy) is 1. The van der Waals surface area contributed by atoms with Crippen molar-refractivity contribution in [3.05, 3.63) is 35.4 Å². The molecule has 0 radical (unpaired) electrons. The van der Waals surface area contributed by atoms with Crippen molar-refractivity contribution in [3.8, 4) is 0 Å². The molecule has 7 heteroatoms. The fraction of sp³-hybridized carbons (Fsp3) is 0.529. The van der Waals surface area contributed by atoms with E-state index in [9.17, 15) is 18.0 Å².